The minimum Gasteiger partial charge on any atom is -0.454 e. The van der Waals surface area contributed by atoms with E-state index in [9.17, 15) is 19.7 Å². The summed E-state index contributed by atoms with van der Waals surface area (Å²) in [4.78, 5) is 24.2. The Labute approximate surface area is 221 Å². The highest BCUT2D eigenvalue weighted by atomic mass is 35.5. The zero-order chi connectivity index (χ0) is 27.6. The predicted molar refractivity (Wildman–Crippen MR) is 127 cm³/mol. The fourth-order valence-electron chi connectivity index (χ4n) is 4.66. The number of rotatable bonds is 6. The van der Waals surface area contributed by atoms with Gasteiger partial charge in [0.2, 0.25) is 5.28 Å². The van der Waals surface area contributed by atoms with Gasteiger partial charge in [-0.3, -0.25) is 9.13 Å². The largest absolute Gasteiger partial charge is 0.454 e. The lowest BCUT2D eigenvalue weighted by molar-refractivity contribution is -0.0461. The molecule has 2 aliphatic heterocycles. The van der Waals surface area contributed by atoms with Crippen LogP contribution >= 0.6 is 11.6 Å². The van der Waals surface area contributed by atoms with Gasteiger partial charge >= 0.3 is 6.01 Å². The average Bonchev–Trinajstić information content (AvgIpc) is 3.65. The first-order valence-electron chi connectivity index (χ1n) is 11.5. The van der Waals surface area contributed by atoms with Gasteiger partial charge in [0, 0.05) is 0 Å². The summed E-state index contributed by atoms with van der Waals surface area (Å²) in [7, 11) is 0. The van der Waals surface area contributed by atoms with E-state index in [2.05, 4.69) is 29.9 Å². The summed E-state index contributed by atoms with van der Waals surface area (Å²) >= 11 is 5.90. The number of nitrogens with zero attached hydrogens (tertiary/aromatic N) is 8. The minimum absolute atomic E-state index is 0.0166. The number of nitrogens with two attached hydrogens (primary N) is 2. The van der Waals surface area contributed by atoms with Crippen LogP contribution in [0.5, 0.6) is 6.01 Å². The van der Waals surface area contributed by atoms with Crippen LogP contribution in [0, 0.1) is 0 Å². The highest BCUT2D eigenvalue weighted by Crippen LogP contribution is 2.37. The standard InChI is InChI=1S/C20H21ClF2N10O6/c21-19-28-13(24)9-15(30-19)32(3-26-9)18-8(23)12(6(2-35)38-18)39-20-29-14(25)10-16(31-20)33(4-27-10)17-7(22)11(36)5(1-34)37-17/h3-8,11-12,17-18,34-36H,1-2H2,(H2,24,28,30)(H2,25,29,31)/t5-,6-,7+,8+,11-,12-,17-,18-/m1/s1. The van der Waals surface area contributed by atoms with Crippen molar-refractivity contribution in [2.45, 2.75) is 49.2 Å². The lowest BCUT2D eigenvalue weighted by atomic mass is 10.1. The molecule has 2 saturated heterocycles. The van der Waals surface area contributed by atoms with Crippen LogP contribution in [-0.4, -0.2) is 104 Å². The van der Waals surface area contributed by atoms with Gasteiger partial charge in [-0.2, -0.15) is 19.9 Å². The van der Waals surface area contributed by atoms with Crippen molar-refractivity contribution in [1.29, 1.82) is 0 Å². The van der Waals surface area contributed by atoms with Crippen molar-refractivity contribution in [3.63, 3.8) is 0 Å². The van der Waals surface area contributed by atoms with E-state index < -0.39 is 68.4 Å². The second-order valence-electron chi connectivity index (χ2n) is 8.87. The van der Waals surface area contributed by atoms with Gasteiger partial charge in [0.1, 0.15) is 23.8 Å². The molecule has 7 N–H and O–H groups in total. The van der Waals surface area contributed by atoms with Gasteiger partial charge in [-0.25, -0.2) is 18.7 Å². The smallest absolute Gasteiger partial charge is 0.320 e. The van der Waals surface area contributed by atoms with E-state index in [1.807, 2.05) is 0 Å². The van der Waals surface area contributed by atoms with E-state index in [4.69, 9.17) is 37.3 Å². The number of ether oxygens (including phenoxy) is 3. The van der Waals surface area contributed by atoms with Crippen molar-refractivity contribution in [3.05, 3.63) is 17.9 Å². The number of fused-ring (bicyclic) bond motifs is 2. The molecule has 4 aromatic rings. The molecule has 39 heavy (non-hydrogen) atoms. The number of hydrogen-bond donors (Lipinski definition) is 5. The number of nitrogen functional groups attached to an aromatic ring is 2. The van der Waals surface area contributed by atoms with E-state index >= 15 is 4.39 Å². The molecular formula is C20H21ClF2N10O6. The summed E-state index contributed by atoms with van der Waals surface area (Å²) in [5.74, 6) is -0.188. The third-order valence-corrected chi connectivity index (χ3v) is 6.73. The molecule has 8 atom stereocenters. The first-order valence-corrected chi connectivity index (χ1v) is 11.9. The number of imidazole rings is 2. The average molecular weight is 571 g/mol. The molecule has 4 aromatic heterocycles. The van der Waals surface area contributed by atoms with E-state index in [-0.39, 0.29) is 39.2 Å². The molecule has 2 fully saturated rings. The van der Waals surface area contributed by atoms with Crippen molar-refractivity contribution < 1.29 is 38.3 Å². The zero-order valence-electron chi connectivity index (χ0n) is 19.6. The van der Waals surface area contributed by atoms with Crippen molar-refractivity contribution in [2.75, 3.05) is 24.7 Å². The second-order valence-corrected chi connectivity index (χ2v) is 9.21. The fraction of sp³-hybridized carbons (Fsp3) is 0.500. The number of aliphatic hydroxyl groups is 3. The highest BCUT2D eigenvalue weighted by Gasteiger charge is 2.49. The minimum atomic E-state index is -1.92. The SMILES string of the molecule is Nc1nc(O[C@H]2[C@H](F)[C@H](n3cnc4c(N)nc(Cl)nc43)O[C@@H]2CO)nc2c1ncn2[C@@H]1O[C@H](CO)[C@@H](O)[C@@H]1F. The number of aliphatic hydroxyl groups excluding tert-OH is 3. The Morgan fingerprint density at radius 3 is 2.05 bits per heavy atom. The Kier molecular flexibility index (Phi) is 6.31. The summed E-state index contributed by atoms with van der Waals surface area (Å²) in [5.41, 5.74) is 12.1. The molecule has 0 amide bonds. The Balaban J connectivity index is 1.32. The lowest BCUT2D eigenvalue weighted by Crippen LogP contribution is -2.37. The molecule has 6 rings (SSSR count). The first-order chi connectivity index (χ1) is 18.7. The summed E-state index contributed by atoms with van der Waals surface area (Å²) < 4.78 is 49.7. The molecule has 0 radical (unpaired) electrons. The van der Waals surface area contributed by atoms with Crippen LogP contribution in [0.1, 0.15) is 12.5 Å². The first kappa shape index (κ1) is 25.7. The monoisotopic (exact) mass is 570 g/mol. The normalized spacial score (nSPS) is 31.0. The number of hydrogen-bond acceptors (Lipinski definition) is 14. The molecule has 6 heterocycles. The Morgan fingerprint density at radius 1 is 0.872 bits per heavy atom. The van der Waals surface area contributed by atoms with Gasteiger partial charge in [0.15, 0.2) is 59.3 Å². The van der Waals surface area contributed by atoms with Crippen LogP contribution in [0.3, 0.4) is 0 Å². The molecular weight excluding hydrogens is 550 g/mol. The number of anilines is 2. The third kappa shape index (κ3) is 4.07. The van der Waals surface area contributed by atoms with E-state index in [1.54, 1.807) is 0 Å². The summed E-state index contributed by atoms with van der Waals surface area (Å²) in [5, 5.41) is 29.0. The Bertz CT molecular complexity index is 1540. The molecule has 0 aromatic carbocycles. The van der Waals surface area contributed by atoms with Crippen LogP contribution in [0.25, 0.3) is 22.3 Å². The highest BCUT2D eigenvalue weighted by molar-refractivity contribution is 6.28. The number of alkyl halides is 2. The van der Waals surface area contributed by atoms with Gasteiger partial charge in [-0.1, -0.05) is 0 Å². The molecule has 0 aliphatic carbocycles. The van der Waals surface area contributed by atoms with Crippen LogP contribution in [0.4, 0.5) is 20.4 Å². The quantitative estimate of drug-likeness (QED) is 0.176. The summed E-state index contributed by atoms with van der Waals surface area (Å²) in [6, 6.07) is -0.421. The van der Waals surface area contributed by atoms with Crippen LogP contribution < -0.4 is 16.2 Å². The van der Waals surface area contributed by atoms with E-state index in [1.165, 1.54) is 17.2 Å². The summed E-state index contributed by atoms with van der Waals surface area (Å²) in [6.07, 6.45) is -9.54. The number of halogens is 3. The van der Waals surface area contributed by atoms with Crippen molar-refractivity contribution in [2.24, 2.45) is 0 Å². The fourth-order valence-corrected chi connectivity index (χ4v) is 4.83. The maximum absolute atomic E-state index is 15.8. The second kappa shape index (κ2) is 9.57. The van der Waals surface area contributed by atoms with Crippen LogP contribution in [-0.2, 0) is 9.47 Å². The molecule has 16 nitrogen and oxygen atoms in total. The predicted octanol–water partition coefficient (Wildman–Crippen LogP) is -0.952. The Hall–Kier alpha value is -3.55. The molecule has 2 aliphatic rings. The molecule has 0 unspecified atom stereocenters. The van der Waals surface area contributed by atoms with Gasteiger partial charge in [0.05, 0.1) is 25.9 Å². The van der Waals surface area contributed by atoms with Gasteiger partial charge < -0.3 is 41.0 Å². The summed E-state index contributed by atoms with van der Waals surface area (Å²) in [6.45, 7) is -1.25. The van der Waals surface area contributed by atoms with E-state index in [0.29, 0.717) is 0 Å². The van der Waals surface area contributed by atoms with Crippen molar-refractivity contribution in [1.82, 2.24) is 39.0 Å². The maximum Gasteiger partial charge on any atom is 0.320 e. The number of aromatic nitrogens is 8. The maximum atomic E-state index is 15.8. The molecule has 0 saturated carbocycles. The Morgan fingerprint density at radius 2 is 1.44 bits per heavy atom. The van der Waals surface area contributed by atoms with Crippen LogP contribution in [0.2, 0.25) is 5.28 Å². The van der Waals surface area contributed by atoms with Crippen molar-refractivity contribution >= 4 is 45.6 Å². The topological polar surface area (TPSA) is 228 Å². The lowest BCUT2D eigenvalue weighted by Gasteiger charge is -2.19. The zero-order valence-corrected chi connectivity index (χ0v) is 20.4. The molecule has 0 spiro atoms. The van der Waals surface area contributed by atoms with Crippen molar-refractivity contribution in [3.8, 4) is 6.01 Å². The molecule has 0 bridgehead atoms. The van der Waals surface area contributed by atoms with Gasteiger partial charge in [-0.15, -0.1) is 0 Å². The van der Waals surface area contributed by atoms with Gasteiger partial charge in [-0.05, 0) is 11.6 Å². The van der Waals surface area contributed by atoms with Gasteiger partial charge in [0.25, 0.3) is 0 Å². The molecule has 19 heteroatoms. The van der Waals surface area contributed by atoms with Crippen LogP contribution in [0.15, 0.2) is 12.7 Å². The molecule has 208 valence electrons. The third-order valence-electron chi connectivity index (χ3n) is 6.56. The van der Waals surface area contributed by atoms with E-state index in [0.717, 1.165) is 4.57 Å².